The van der Waals surface area contributed by atoms with Crippen molar-refractivity contribution >= 4 is 18.3 Å². The van der Waals surface area contributed by atoms with E-state index in [1.807, 2.05) is 24.3 Å². The molecule has 0 fully saturated rings. The largest absolute Gasteiger partial charge is 0.457 e. The van der Waals surface area contributed by atoms with Crippen LogP contribution in [0, 0.1) is 6.57 Å². The van der Waals surface area contributed by atoms with E-state index in [9.17, 15) is 0 Å². The molecule has 0 aliphatic carbocycles. The van der Waals surface area contributed by atoms with Crippen molar-refractivity contribution in [3.8, 4) is 11.5 Å². The maximum atomic E-state index is 6.84. The fourth-order valence-corrected chi connectivity index (χ4v) is 1.41. The van der Waals surface area contributed by atoms with E-state index in [1.165, 1.54) is 0 Å². The zero-order valence-corrected chi connectivity index (χ0v) is 9.47. The van der Waals surface area contributed by atoms with E-state index in [-0.39, 0.29) is 0 Å². The molecule has 0 bridgehead atoms. The van der Waals surface area contributed by atoms with Crippen LogP contribution in [0.1, 0.15) is 0 Å². The first-order valence-electron chi connectivity index (χ1n) is 4.75. The molecule has 3 heteroatoms. The lowest BCUT2D eigenvalue weighted by Crippen LogP contribution is -1.83. The van der Waals surface area contributed by atoms with Gasteiger partial charge in [-0.25, -0.2) is 4.85 Å². The van der Waals surface area contributed by atoms with Gasteiger partial charge in [-0.2, -0.15) is 0 Å². The van der Waals surface area contributed by atoms with Crippen LogP contribution >= 0.6 is 0 Å². The van der Waals surface area contributed by atoms with Crippen LogP contribution in [-0.4, -0.2) is 0 Å². The summed E-state index contributed by atoms with van der Waals surface area (Å²) >= 11 is 3.41. The Morgan fingerprint density at radius 2 is 1.38 bits per heavy atom. The summed E-state index contributed by atoms with van der Waals surface area (Å²) in [6, 6.07) is 14.6. The second-order valence-electron chi connectivity index (χ2n) is 3.23. The number of benzene rings is 2. The molecular formula is C13H10NOS+. The lowest BCUT2D eigenvalue weighted by atomic mass is 10.3. The average molecular weight is 228 g/mol. The molecule has 0 N–H and O–H groups in total. The van der Waals surface area contributed by atoms with Crippen LogP contribution in [0.4, 0.5) is 5.69 Å². The van der Waals surface area contributed by atoms with E-state index in [4.69, 9.17) is 11.3 Å². The molecule has 0 heterocycles. The van der Waals surface area contributed by atoms with Gasteiger partial charge in [-0.15, -0.1) is 0 Å². The maximum absolute atomic E-state index is 6.84. The van der Waals surface area contributed by atoms with Crippen molar-refractivity contribution in [1.29, 1.82) is 0 Å². The molecule has 0 radical (unpaired) electrons. The molecule has 2 aromatic rings. The highest BCUT2D eigenvalue weighted by atomic mass is 32.1. The van der Waals surface area contributed by atoms with Crippen LogP contribution in [0.3, 0.4) is 0 Å². The monoisotopic (exact) mass is 228 g/mol. The summed E-state index contributed by atoms with van der Waals surface area (Å²) in [5.74, 6) is 1.51. The number of hydrogen-bond acceptors (Lipinski definition) is 1. The Bertz CT molecular complexity index is 511. The highest BCUT2D eigenvalue weighted by molar-refractivity contribution is 7.58. The van der Waals surface area contributed by atoms with E-state index in [1.54, 1.807) is 24.3 Å². The van der Waals surface area contributed by atoms with Gasteiger partial charge in [-0.05, 0) is 49.0 Å². The summed E-state index contributed by atoms with van der Waals surface area (Å²) in [4.78, 5) is 4.33. The summed E-state index contributed by atoms with van der Waals surface area (Å²) < 4.78 is 5.61. The highest BCUT2D eigenvalue weighted by Crippen LogP contribution is 2.24. The molecule has 0 unspecified atom stereocenters. The first kappa shape index (κ1) is 10.6. The summed E-state index contributed by atoms with van der Waals surface area (Å²) in [5.41, 5.74) is 0.614. The van der Waals surface area contributed by atoms with E-state index in [0.717, 1.165) is 16.4 Å². The van der Waals surface area contributed by atoms with Crippen molar-refractivity contribution in [3.63, 3.8) is 0 Å². The molecule has 0 aliphatic rings. The second kappa shape index (κ2) is 4.73. The minimum Gasteiger partial charge on any atom is -0.457 e. The SMILES string of the molecule is [C-]#[N+]c1ccc(Oc2ccc([SH2+])cc2)cc1. The highest BCUT2D eigenvalue weighted by Gasteiger charge is 1.98. The zero-order valence-electron chi connectivity index (χ0n) is 8.47. The normalized spacial score (nSPS) is 9.50. The predicted octanol–water partition coefficient (Wildman–Crippen LogP) is 3.40. The molecule has 78 valence electrons. The van der Waals surface area contributed by atoms with Gasteiger partial charge in [0.15, 0.2) is 10.6 Å². The molecular weight excluding hydrogens is 218 g/mol. The topological polar surface area (TPSA) is 13.6 Å². The lowest BCUT2D eigenvalue weighted by Gasteiger charge is -2.04. The number of ether oxygens (including phenoxy) is 1. The maximum Gasteiger partial charge on any atom is 0.187 e. The lowest BCUT2D eigenvalue weighted by molar-refractivity contribution is 0.482. The van der Waals surface area contributed by atoms with Crippen molar-refractivity contribution in [1.82, 2.24) is 0 Å². The molecule has 0 spiro atoms. The van der Waals surface area contributed by atoms with E-state index in [2.05, 4.69) is 17.5 Å². The van der Waals surface area contributed by atoms with Gasteiger partial charge in [0, 0.05) is 0 Å². The van der Waals surface area contributed by atoms with E-state index < -0.39 is 0 Å². The fourth-order valence-electron chi connectivity index (χ4n) is 1.25. The minimum absolute atomic E-state index is 0.614. The Balaban J connectivity index is 2.15. The van der Waals surface area contributed by atoms with Crippen molar-refractivity contribution in [2.45, 2.75) is 4.90 Å². The molecule has 2 nitrogen and oxygen atoms in total. The van der Waals surface area contributed by atoms with Crippen LogP contribution < -0.4 is 4.74 Å². The summed E-state index contributed by atoms with van der Waals surface area (Å²) in [5, 5.41) is 0. The van der Waals surface area contributed by atoms with Crippen LogP contribution in [-0.2, 0) is 12.6 Å². The Morgan fingerprint density at radius 3 is 1.88 bits per heavy atom. The summed E-state index contributed by atoms with van der Waals surface area (Å²) in [6.45, 7) is 6.84. The van der Waals surface area contributed by atoms with Crippen LogP contribution in [0.25, 0.3) is 4.85 Å². The van der Waals surface area contributed by atoms with Gasteiger partial charge in [-0.3, -0.25) is 0 Å². The van der Waals surface area contributed by atoms with Gasteiger partial charge in [0.2, 0.25) is 0 Å². The third kappa shape index (κ3) is 2.56. The second-order valence-corrected chi connectivity index (χ2v) is 3.81. The van der Waals surface area contributed by atoms with Gasteiger partial charge in [0.1, 0.15) is 11.5 Å². The molecule has 2 rings (SSSR count). The standard InChI is InChI=1S/C13H9NOS/c1-14-10-2-4-11(5-3-10)15-12-6-8-13(16)9-7-12/h2-9,16H/p+1. The number of rotatable bonds is 2. The Labute approximate surface area is 99.7 Å². The number of nitrogens with zero attached hydrogens (tertiary/aromatic N) is 1. The van der Waals surface area contributed by atoms with Crippen LogP contribution in [0.5, 0.6) is 11.5 Å². The molecule has 0 saturated heterocycles. The molecule has 0 amide bonds. The van der Waals surface area contributed by atoms with Crippen LogP contribution in [0.2, 0.25) is 0 Å². The predicted molar refractivity (Wildman–Crippen MR) is 67.6 cm³/mol. The molecule has 0 aliphatic heterocycles. The van der Waals surface area contributed by atoms with Crippen LogP contribution in [0.15, 0.2) is 53.4 Å². The quantitative estimate of drug-likeness (QED) is 0.567. The van der Waals surface area contributed by atoms with Crippen molar-refractivity contribution < 1.29 is 4.74 Å². The first-order chi connectivity index (χ1) is 7.78. The van der Waals surface area contributed by atoms with Gasteiger partial charge in [0.25, 0.3) is 0 Å². The first-order valence-corrected chi connectivity index (χ1v) is 5.25. The van der Waals surface area contributed by atoms with Gasteiger partial charge in [0.05, 0.1) is 6.57 Å². The molecule has 16 heavy (non-hydrogen) atoms. The van der Waals surface area contributed by atoms with E-state index >= 15 is 0 Å². The molecule has 0 atom stereocenters. The summed E-state index contributed by atoms with van der Waals surface area (Å²) in [7, 11) is 0. The molecule has 0 aromatic heterocycles. The number of hydrogen-bond donors (Lipinski definition) is 0. The fraction of sp³-hybridized carbons (Fsp3) is 0. The zero-order chi connectivity index (χ0) is 11.4. The minimum atomic E-state index is 0.614. The Hall–Kier alpha value is -1.92. The Morgan fingerprint density at radius 1 is 0.875 bits per heavy atom. The third-order valence-electron chi connectivity index (χ3n) is 2.06. The van der Waals surface area contributed by atoms with Gasteiger partial charge >= 0.3 is 0 Å². The van der Waals surface area contributed by atoms with Crippen molar-refractivity contribution in [2.75, 3.05) is 0 Å². The average Bonchev–Trinajstić information content (AvgIpc) is 2.33. The van der Waals surface area contributed by atoms with Crippen molar-refractivity contribution in [3.05, 3.63) is 59.9 Å². The molecule has 2 aromatic carbocycles. The molecule has 0 saturated carbocycles. The van der Waals surface area contributed by atoms with E-state index in [0.29, 0.717) is 5.69 Å². The smallest absolute Gasteiger partial charge is 0.187 e. The summed E-state index contributed by atoms with van der Waals surface area (Å²) in [6.07, 6.45) is 0. The van der Waals surface area contributed by atoms with Crippen molar-refractivity contribution in [2.24, 2.45) is 0 Å². The third-order valence-corrected chi connectivity index (χ3v) is 2.39. The van der Waals surface area contributed by atoms with Gasteiger partial charge < -0.3 is 4.74 Å². The van der Waals surface area contributed by atoms with Gasteiger partial charge in [-0.1, -0.05) is 12.1 Å². The Kier molecular flexibility index (Phi) is 3.13.